The van der Waals surface area contributed by atoms with Gasteiger partial charge in [0.25, 0.3) is 0 Å². The normalized spacial score (nSPS) is 21.6. The van der Waals surface area contributed by atoms with Crippen molar-refractivity contribution in [3.05, 3.63) is 0 Å². The van der Waals surface area contributed by atoms with Gasteiger partial charge in [-0.1, -0.05) is 168 Å². The van der Waals surface area contributed by atoms with Crippen LogP contribution in [-0.2, 0) is 23.7 Å². The van der Waals surface area contributed by atoms with Crippen LogP contribution in [-0.4, -0.2) is 89.6 Å². The second kappa shape index (κ2) is 33.1. The molecule has 0 saturated carbocycles. The first-order valence-electron chi connectivity index (χ1n) is 20.6. The van der Waals surface area contributed by atoms with Gasteiger partial charge in [0.1, 0.15) is 30.5 Å². The number of esters is 1. The minimum absolute atomic E-state index is 0.107. The summed E-state index contributed by atoms with van der Waals surface area (Å²) in [5.41, 5.74) is 0. The predicted molar refractivity (Wildman–Crippen MR) is 196 cm³/mol. The second-order valence-electron chi connectivity index (χ2n) is 14.5. The summed E-state index contributed by atoms with van der Waals surface area (Å²) in [4.78, 5) is 12.7. The zero-order chi connectivity index (χ0) is 35.8. The van der Waals surface area contributed by atoms with E-state index in [1.54, 1.807) is 0 Å². The highest BCUT2D eigenvalue weighted by Gasteiger charge is 2.44. The van der Waals surface area contributed by atoms with Crippen LogP contribution < -0.4 is 0 Å². The van der Waals surface area contributed by atoms with Crippen molar-refractivity contribution in [2.24, 2.45) is 0 Å². The highest BCUT2D eigenvalue weighted by Crippen LogP contribution is 2.22. The quantitative estimate of drug-likeness (QED) is 0.0380. The molecule has 0 bridgehead atoms. The summed E-state index contributed by atoms with van der Waals surface area (Å²) >= 11 is 0. The molecule has 1 fully saturated rings. The molecule has 0 radical (unpaired) electrons. The lowest BCUT2D eigenvalue weighted by Gasteiger charge is -2.39. The molecule has 9 nitrogen and oxygen atoms in total. The van der Waals surface area contributed by atoms with E-state index in [9.17, 15) is 25.2 Å². The summed E-state index contributed by atoms with van der Waals surface area (Å²) in [6, 6.07) is 0. The van der Waals surface area contributed by atoms with Crippen molar-refractivity contribution in [1.29, 1.82) is 0 Å². The molecular weight excluding hydrogens is 624 g/mol. The van der Waals surface area contributed by atoms with Gasteiger partial charge >= 0.3 is 5.97 Å². The van der Waals surface area contributed by atoms with Crippen molar-refractivity contribution >= 4 is 5.97 Å². The summed E-state index contributed by atoms with van der Waals surface area (Å²) in [5.74, 6) is -0.312. The van der Waals surface area contributed by atoms with Crippen molar-refractivity contribution in [3.8, 4) is 0 Å². The lowest BCUT2D eigenvalue weighted by molar-refractivity contribution is -0.305. The lowest BCUT2D eigenvalue weighted by atomic mass is 9.99. The van der Waals surface area contributed by atoms with E-state index >= 15 is 0 Å². The van der Waals surface area contributed by atoms with Gasteiger partial charge in [0, 0.05) is 13.0 Å². The third-order valence-electron chi connectivity index (χ3n) is 9.77. The highest BCUT2D eigenvalue weighted by molar-refractivity contribution is 5.69. The van der Waals surface area contributed by atoms with Crippen molar-refractivity contribution in [1.82, 2.24) is 0 Å². The number of rotatable bonds is 35. The standard InChI is InChI=1S/C40H78O9/c1-3-5-7-9-11-12-13-14-15-16-17-18-19-20-21-22-23-24-25-27-29-36(42)48-34(32-46-30-28-26-10-8-6-4-2)33-47-40-39(45)38(44)37(43)35(31-41)49-40/h34-35,37-41,43-45H,3-33H2,1-2H3. The fourth-order valence-electron chi connectivity index (χ4n) is 6.49. The third-order valence-corrected chi connectivity index (χ3v) is 9.77. The second-order valence-corrected chi connectivity index (χ2v) is 14.5. The SMILES string of the molecule is CCCCCCCCCCCCCCCCCCCCCCC(=O)OC(COCCCCCCCC)COC1OC(CO)C(O)C(O)C1O. The number of unbranched alkanes of at least 4 members (excludes halogenated alkanes) is 24. The summed E-state index contributed by atoms with van der Waals surface area (Å²) in [6.07, 6.45) is 25.8. The minimum Gasteiger partial charge on any atom is -0.457 e. The molecule has 1 saturated heterocycles. The number of carbonyl (C=O) groups is 1. The molecule has 1 aliphatic heterocycles. The molecule has 0 aliphatic carbocycles. The molecule has 4 N–H and O–H groups in total. The number of ether oxygens (including phenoxy) is 4. The van der Waals surface area contributed by atoms with Crippen LogP contribution in [0.5, 0.6) is 0 Å². The zero-order valence-electron chi connectivity index (χ0n) is 31.7. The van der Waals surface area contributed by atoms with Gasteiger partial charge in [0.15, 0.2) is 6.29 Å². The summed E-state index contributed by atoms with van der Waals surface area (Å²) in [6.45, 7) is 4.53. The number of aliphatic hydroxyl groups excluding tert-OH is 4. The molecule has 49 heavy (non-hydrogen) atoms. The minimum atomic E-state index is -1.53. The van der Waals surface area contributed by atoms with Gasteiger partial charge in [0.2, 0.25) is 0 Å². The largest absolute Gasteiger partial charge is 0.457 e. The fraction of sp³-hybridized carbons (Fsp3) is 0.975. The van der Waals surface area contributed by atoms with E-state index in [0.29, 0.717) is 13.0 Å². The van der Waals surface area contributed by atoms with Crippen molar-refractivity contribution < 1.29 is 44.2 Å². The Morgan fingerprint density at radius 1 is 0.571 bits per heavy atom. The first kappa shape index (κ1) is 46.2. The van der Waals surface area contributed by atoms with Crippen LogP contribution in [0.25, 0.3) is 0 Å². The first-order chi connectivity index (χ1) is 23.9. The van der Waals surface area contributed by atoms with E-state index < -0.39 is 43.4 Å². The Morgan fingerprint density at radius 3 is 1.45 bits per heavy atom. The molecule has 1 rings (SSSR count). The van der Waals surface area contributed by atoms with Crippen LogP contribution in [0.4, 0.5) is 0 Å². The molecule has 0 amide bonds. The topological polar surface area (TPSA) is 135 Å². The fourth-order valence-corrected chi connectivity index (χ4v) is 6.49. The van der Waals surface area contributed by atoms with Gasteiger partial charge in [-0.05, 0) is 12.8 Å². The van der Waals surface area contributed by atoms with Crippen LogP contribution in [0.1, 0.15) is 187 Å². The van der Waals surface area contributed by atoms with Gasteiger partial charge in [-0.3, -0.25) is 4.79 Å². The van der Waals surface area contributed by atoms with Crippen LogP contribution >= 0.6 is 0 Å². The Labute approximate surface area is 300 Å². The van der Waals surface area contributed by atoms with E-state index in [-0.39, 0.29) is 19.2 Å². The molecule has 6 unspecified atom stereocenters. The molecule has 0 aromatic heterocycles. The Balaban J connectivity index is 2.17. The third kappa shape index (κ3) is 24.9. The van der Waals surface area contributed by atoms with Gasteiger partial charge in [-0.15, -0.1) is 0 Å². The van der Waals surface area contributed by atoms with E-state index in [1.807, 2.05) is 0 Å². The first-order valence-corrected chi connectivity index (χ1v) is 20.6. The zero-order valence-corrected chi connectivity index (χ0v) is 31.7. The van der Waals surface area contributed by atoms with Crippen molar-refractivity contribution in [3.63, 3.8) is 0 Å². The molecule has 9 heteroatoms. The summed E-state index contributed by atoms with van der Waals surface area (Å²) in [7, 11) is 0. The van der Waals surface area contributed by atoms with Crippen LogP contribution in [0, 0.1) is 0 Å². The molecule has 6 atom stereocenters. The molecule has 292 valence electrons. The molecule has 1 aliphatic rings. The Hall–Kier alpha value is -0.810. The molecular formula is C40H78O9. The number of hydrogen-bond donors (Lipinski definition) is 4. The van der Waals surface area contributed by atoms with Crippen molar-refractivity contribution in [2.75, 3.05) is 26.4 Å². The number of carbonyl (C=O) groups excluding carboxylic acids is 1. The van der Waals surface area contributed by atoms with Gasteiger partial charge in [0.05, 0.1) is 19.8 Å². The van der Waals surface area contributed by atoms with Gasteiger partial charge < -0.3 is 39.4 Å². The maximum absolute atomic E-state index is 12.7. The number of hydrogen-bond acceptors (Lipinski definition) is 9. The molecule has 1 heterocycles. The van der Waals surface area contributed by atoms with E-state index in [1.165, 1.54) is 135 Å². The highest BCUT2D eigenvalue weighted by atomic mass is 16.7. The molecule has 0 spiro atoms. The Kier molecular flexibility index (Phi) is 31.2. The lowest BCUT2D eigenvalue weighted by Crippen LogP contribution is -2.59. The van der Waals surface area contributed by atoms with E-state index in [4.69, 9.17) is 18.9 Å². The monoisotopic (exact) mass is 703 g/mol. The predicted octanol–water partition coefficient (Wildman–Crippen LogP) is 8.30. The summed E-state index contributed by atoms with van der Waals surface area (Å²) in [5, 5.41) is 39.8. The molecule has 0 aromatic carbocycles. The Bertz CT molecular complexity index is 722. The average molecular weight is 703 g/mol. The van der Waals surface area contributed by atoms with Crippen LogP contribution in [0.3, 0.4) is 0 Å². The maximum Gasteiger partial charge on any atom is 0.306 e. The van der Waals surface area contributed by atoms with Crippen LogP contribution in [0.15, 0.2) is 0 Å². The maximum atomic E-state index is 12.7. The van der Waals surface area contributed by atoms with E-state index in [2.05, 4.69) is 13.8 Å². The summed E-state index contributed by atoms with van der Waals surface area (Å²) < 4.78 is 22.6. The van der Waals surface area contributed by atoms with Gasteiger partial charge in [-0.2, -0.15) is 0 Å². The Morgan fingerprint density at radius 2 is 1.00 bits per heavy atom. The van der Waals surface area contributed by atoms with E-state index in [0.717, 1.165) is 32.1 Å². The molecule has 0 aromatic rings. The van der Waals surface area contributed by atoms with Crippen LogP contribution in [0.2, 0.25) is 0 Å². The van der Waals surface area contributed by atoms with Gasteiger partial charge in [-0.25, -0.2) is 0 Å². The average Bonchev–Trinajstić information content (AvgIpc) is 3.10. The van der Waals surface area contributed by atoms with Crippen molar-refractivity contribution in [2.45, 2.75) is 224 Å². The number of aliphatic hydroxyl groups is 4. The smallest absolute Gasteiger partial charge is 0.306 e.